The number of fused-ring (bicyclic) bond motifs is 1. The molecule has 0 bridgehead atoms. The standard InChI is InChI=1S/C12H20N6/c13-16-12(15-10-3-1-2-4-10)18-8-7-17-6-5-14-11(17)9-18/h5-6,10H,1-4,7-9,13H2,(H,15,16). The summed E-state index contributed by atoms with van der Waals surface area (Å²) in [6, 6.07) is 0.442. The topological polar surface area (TPSA) is 71.5 Å². The Morgan fingerprint density at radius 2 is 2.22 bits per heavy atom. The van der Waals surface area contributed by atoms with Gasteiger partial charge in [0.15, 0.2) is 0 Å². The van der Waals surface area contributed by atoms with Crippen LogP contribution < -0.4 is 11.3 Å². The third kappa shape index (κ3) is 2.20. The van der Waals surface area contributed by atoms with Crippen LogP contribution in [0.1, 0.15) is 31.5 Å². The Kier molecular flexibility index (Phi) is 3.19. The lowest BCUT2D eigenvalue weighted by molar-refractivity contribution is 0.318. The number of nitrogens with zero attached hydrogens (tertiary/aromatic N) is 4. The number of guanidine groups is 1. The average molecular weight is 248 g/mol. The van der Waals surface area contributed by atoms with Gasteiger partial charge in [-0.25, -0.2) is 15.8 Å². The van der Waals surface area contributed by atoms with Gasteiger partial charge in [-0.2, -0.15) is 0 Å². The molecule has 1 aliphatic heterocycles. The molecule has 6 heteroatoms. The molecule has 2 aliphatic rings. The van der Waals surface area contributed by atoms with Gasteiger partial charge in [-0.05, 0) is 12.8 Å². The van der Waals surface area contributed by atoms with E-state index in [4.69, 9.17) is 10.8 Å². The first-order chi connectivity index (χ1) is 8.86. The molecule has 18 heavy (non-hydrogen) atoms. The number of aromatic nitrogens is 2. The highest BCUT2D eigenvalue weighted by Gasteiger charge is 2.21. The summed E-state index contributed by atoms with van der Waals surface area (Å²) in [5.41, 5.74) is 2.76. The third-order valence-electron chi connectivity index (χ3n) is 3.80. The second kappa shape index (κ2) is 4.97. The Bertz CT molecular complexity index is 432. The van der Waals surface area contributed by atoms with Crippen LogP contribution in [-0.4, -0.2) is 33.0 Å². The van der Waals surface area contributed by atoms with Crippen LogP contribution in [0, 0.1) is 0 Å². The van der Waals surface area contributed by atoms with E-state index < -0.39 is 0 Å². The summed E-state index contributed by atoms with van der Waals surface area (Å²) in [5.74, 6) is 7.52. The molecule has 1 aromatic rings. The van der Waals surface area contributed by atoms with Crippen LogP contribution in [0.4, 0.5) is 0 Å². The highest BCUT2D eigenvalue weighted by Crippen LogP contribution is 2.21. The van der Waals surface area contributed by atoms with Crippen molar-refractivity contribution in [2.45, 2.75) is 44.8 Å². The highest BCUT2D eigenvalue weighted by molar-refractivity contribution is 5.79. The van der Waals surface area contributed by atoms with Crippen molar-refractivity contribution in [1.82, 2.24) is 19.9 Å². The molecule has 0 saturated heterocycles. The van der Waals surface area contributed by atoms with E-state index in [9.17, 15) is 0 Å². The average Bonchev–Trinajstić information content (AvgIpc) is 3.06. The van der Waals surface area contributed by atoms with E-state index in [0.29, 0.717) is 6.04 Å². The van der Waals surface area contributed by atoms with Crippen LogP contribution >= 0.6 is 0 Å². The summed E-state index contributed by atoms with van der Waals surface area (Å²) in [6.07, 6.45) is 8.83. The second-order valence-electron chi connectivity index (χ2n) is 4.99. The highest BCUT2D eigenvalue weighted by atomic mass is 15.4. The first-order valence-electron chi connectivity index (χ1n) is 6.66. The van der Waals surface area contributed by atoms with Gasteiger partial charge in [-0.15, -0.1) is 0 Å². The first kappa shape index (κ1) is 11.5. The largest absolute Gasteiger partial charge is 0.333 e. The van der Waals surface area contributed by atoms with E-state index in [1.807, 2.05) is 12.4 Å². The maximum absolute atomic E-state index is 5.63. The summed E-state index contributed by atoms with van der Waals surface area (Å²) in [4.78, 5) is 11.3. The zero-order chi connectivity index (χ0) is 12.4. The van der Waals surface area contributed by atoms with Crippen LogP contribution in [0.3, 0.4) is 0 Å². The Morgan fingerprint density at radius 1 is 1.39 bits per heavy atom. The van der Waals surface area contributed by atoms with Crippen molar-refractivity contribution in [2.75, 3.05) is 6.54 Å². The maximum Gasteiger partial charge on any atom is 0.209 e. The van der Waals surface area contributed by atoms with Gasteiger partial charge in [0.25, 0.3) is 0 Å². The van der Waals surface area contributed by atoms with Crippen molar-refractivity contribution in [3.8, 4) is 0 Å². The molecular formula is C12H20N6. The minimum absolute atomic E-state index is 0.442. The zero-order valence-corrected chi connectivity index (χ0v) is 10.5. The van der Waals surface area contributed by atoms with Crippen molar-refractivity contribution in [3.05, 3.63) is 18.2 Å². The van der Waals surface area contributed by atoms with Gasteiger partial charge in [0.1, 0.15) is 5.82 Å². The van der Waals surface area contributed by atoms with Gasteiger partial charge in [-0.3, -0.25) is 5.43 Å². The van der Waals surface area contributed by atoms with Gasteiger partial charge >= 0.3 is 0 Å². The molecule has 0 radical (unpaired) electrons. The van der Waals surface area contributed by atoms with Crippen molar-refractivity contribution < 1.29 is 0 Å². The second-order valence-corrected chi connectivity index (χ2v) is 4.99. The molecule has 1 aliphatic carbocycles. The number of hydrazine groups is 1. The Hall–Kier alpha value is -1.56. The van der Waals surface area contributed by atoms with E-state index in [1.54, 1.807) is 0 Å². The number of imidazole rings is 1. The lowest BCUT2D eigenvalue weighted by Gasteiger charge is -2.30. The number of aliphatic imine (C=N–C) groups is 1. The van der Waals surface area contributed by atoms with Crippen molar-refractivity contribution in [1.29, 1.82) is 0 Å². The van der Waals surface area contributed by atoms with Crippen LogP contribution in [0.25, 0.3) is 0 Å². The molecule has 0 unspecified atom stereocenters. The summed E-state index contributed by atoms with van der Waals surface area (Å²) in [7, 11) is 0. The third-order valence-corrected chi connectivity index (χ3v) is 3.80. The van der Waals surface area contributed by atoms with E-state index >= 15 is 0 Å². The molecule has 6 nitrogen and oxygen atoms in total. The van der Waals surface area contributed by atoms with Gasteiger partial charge in [0.2, 0.25) is 5.96 Å². The molecule has 0 spiro atoms. The quantitative estimate of drug-likeness (QED) is 0.328. The van der Waals surface area contributed by atoms with Gasteiger partial charge in [-0.1, -0.05) is 12.8 Å². The van der Waals surface area contributed by atoms with Crippen molar-refractivity contribution in [2.24, 2.45) is 10.8 Å². The number of rotatable bonds is 1. The molecule has 0 aromatic carbocycles. The van der Waals surface area contributed by atoms with E-state index in [2.05, 4.69) is 19.9 Å². The predicted molar refractivity (Wildman–Crippen MR) is 69.7 cm³/mol. The Morgan fingerprint density at radius 3 is 3.00 bits per heavy atom. The molecule has 2 heterocycles. The summed E-state index contributed by atoms with van der Waals surface area (Å²) < 4.78 is 2.18. The molecule has 0 atom stereocenters. The Balaban J connectivity index is 1.73. The summed E-state index contributed by atoms with van der Waals surface area (Å²) in [6.45, 7) is 2.66. The number of hydrogen-bond donors (Lipinski definition) is 2. The van der Waals surface area contributed by atoms with Gasteiger partial charge in [0.05, 0.1) is 12.6 Å². The van der Waals surface area contributed by atoms with Crippen LogP contribution in [0.15, 0.2) is 17.4 Å². The monoisotopic (exact) mass is 248 g/mol. The van der Waals surface area contributed by atoms with Crippen molar-refractivity contribution >= 4 is 5.96 Å². The molecule has 0 amide bonds. The number of nitrogens with two attached hydrogens (primary N) is 1. The number of nitrogens with one attached hydrogen (secondary N) is 1. The molecular weight excluding hydrogens is 228 g/mol. The molecule has 1 fully saturated rings. The number of hydrogen-bond acceptors (Lipinski definition) is 3. The maximum atomic E-state index is 5.63. The predicted octanol–water partition coefficient (Wildman–Crippen LogP) is 0.461. The van der Waals surface area contributed by atoms with E-state index in [1.165, 1.54) is 25.7 Å². The molecule has 3 rings (SSSR count). The molecule has 98 valence electrons. The molecule has 1 aromatic heterocycles. The van der Waals surface area contributed by atoms with Crippen molar-refractivity contribution in [3.63, 3.8) is 0 Å². The molecule has 1 saturated carbocycles. The van der Waals surface area contributed by atoms with Gasteiger partial charge in [0, 0.05) is 25.5 Å². The SMILES string of the molecule is NNC(=NC1CCCC1)N1CCn2ccnc2C1. The molecule has 3 N–H and O–H groups in total. The summed E-state index contributed by atoms with van der Waals surface area (Å²) in [5, 5.41) is 0. The van der Waals surface area contributed by atoms with Crippen LogP contribution in [-0.2, 0) is 13.1 Å². The lowest BCUT2D eigenvalue weighted by atomic mass is 10.3. The fraction of sp³-hybridized carbons (Fsp3) is 0.667. The fourth-order valence-electron chi connectivity index (χ4n) is 2.77. The smallest absolute Gasteiger partial charge is 0.209 e. The summed E-state index contributed by atoms with van der Waals surface area (Å²) >= 11 is 0. The lowest BCUT2D eigenvalue weighted by Crippen LogP contribution is -2.48. The Labute approximate surface area is 107 Å². The fourth-order valence-corrected chi connectivity index (χ4v) is 2.77. The normalized spacial score (nSPS) is 21.2. The minimum Gasteiger partial charge on any atom is -0.333 e. The zero-order valence-electron chi connectivity index (χ0n) is 10.5. The van der Waals surface area contributed by atoms with Crippen LogP contribution in [0.5, 0.6) is 0 Å². The van der Waals surface area contributed by atoms with E-state index in [0.717, 1.165) is 31.4 Å². The van der Waals surface area contributed by atoms with E-state index in [-0.39, 0.29) is 0 Å². The van der Waals surface area contributed by atoms with Crippen LogP contribution in [0.2, 0.25) is 0 Å². The van der Waals surface area contributed by atoms with Gasteiger partial charge < -0.3 is 9.47 Å². The minimum atomic E-state index is 0.442. The first-order valence-corrected chi connectivity index (χ1v) is 6.66.